The van der Waals surface area contributed by atoms with Gasteiger partial charge in [-0.25, -0.2) is 0 Å². The van der Waals surface area contributed by atoms with E-state index < -0.39 is 11.6 Å². The number of hydrogen-bond donors (Lipinski definition) is 1. The molecule has 4 rings (SSSR count). The molecule has 0 radical (unpaired) electrons. The quantitative estimate of drug-likeness (QED) is 0.506. The number of carbonyl (C=O) groups excluding carboxylic acids is 3. The molecular formula is C29H33N3O4. The van der Waals surface area contributed by atoms with Crippen molar-refractivity contribution in [1.82, 2.24) is 10.2 Å². The summed E-state index contributed by atoms with van der Waals surface area (Å²) in [5.41, 5.74) is 1.70. The Morgan fingerprint density at radius 3 is 2.42 bits per heavy atom. The largest absolute Gasteiger partial charge is 0.497 e. The smallest absolute Gasteiger partial charge is 0.259 e. The predicted octanol–water partition coefficient (Wildman–Crippen LogP) is 4.53. The lowest BCUT2D eigenvalue weighted by Gasteiger charge is -2.34. The Morgan fingerprint density at radius 2 is 1.75 bits per heavy atom. The lowest BCUT2D eigenvalue weighted by atomic mass is 10.1. The Morgan fingerprint density at radius 1 is 1.06 bits per heavy atom. The Labute approximate surface area is 212 Å². The summed E-state index contributed by atoms with van der Waals surface area (Å²) in [6, 6.07) is 18.0. The molecule has 1 aliphatic heterocycles. The first-order valence-corrected chi connectivity index (χ1v) is 12.2. The minimum absolute atomic E-state index is 0.157. The van der Waals surface area contributed by atoms with E-state index in [1.165, 1.54) is 4.90 Å². The fraction of sp³-hybridized carbons (Fsp3) is 0.345. The van der Waals surface area contributed by atoms with E-state index >= 15 is 0 Å². The molecule has 7 nitrogen and oxygen atoms in total. The molecule has 1 heterocycles. The van der Waals surface area contributed by atoms with Crippen LogP contribution in [0.5, 0.6) is 5.75 Å². The van der Waals surface area contributed by atoms with E-state index in [4.69, 9.17) is 4.74 Å². The normalized spacial score (nSPS) is 13.6. The molecule has 3 aromatic carbocycles. The topological polar surface area (TPSA) is 79.0 Å². The third-order valence-electron chi connectivity index (χ3n) is 6.31. The highest BCUT2D eigenvalue weighted by molar-refractivity contribution is 6.26. The van der Waals surface area contributed by atoms with Crippen LogP contribution in [-0.2, 0) is 16.1 Å². The molecular weight excluding hydrogens is 454 g/mol. The summed E-state index contributed by atoms with van der Waals surface area (Å²) in [5.74, 6) is -0.0566. The van der Waals surface area contributed by atoms with Crippen molar-refractivity contribution in [3.05, 3.63) is 71.8 Å². The number of anilines is 1. The molecule has 0 spiro atoms. The first-order chi connectivity index (χ1) is 17.1. The zero-order valence-corrected chi connectivity index (χ0v) is 21.5. The standard InChI is InChI=1S/C29H33N3O4/c1-6-23(27(34)30-29(2,3)4)31(17-19-10-7-13-21(16-19)36-5)25(33)18-32-24-15-9-12-20-11-8-14-22(26(20)24)28(32)35/h7-16,23H,6,17-18H2,1-5H3,(H,30,34)/t23-/m1/s1. The van der Waals surface area contributed by atoms with Gasteiger partial charge in [0.1, 0.15) is 18.3 Å². The van der Waals surface area contributed by atoms with Gasteiger partial charge in [-0.2, -0.15) is 0 Å². The van der Waals surface area contributed by atoms with Crippen LogP contribution in [0.2, 0.25) is 0 Å². The number of amides is 3. The first-order valence-electron chi connectivity index (χ1n) is 12.2. The monoisotopic (exact) mass is 487 g/mol. The van der Waals surface area contributed by atoms with Crippen molar-refractivity contribution in [1.29, 1.82) is 0 Å². The van der Waals surface area contributed by atoms with E-state index in [1.54, 1.807) is 18.1 Å². The number of carbonyl (C=O) groups is 3. The van der Waals surface area contributed by atoms with Gasteiger partial charge in [-0.3, -0.25) is 19.3 Å². The number of nitrogens with one attached hydrogen (secondary N) is 1. The molecule has 0 unspecified atom stereocenters. The Bertz CT molecular complexity index is 1310. The highest BCUT2D eigenvalue weighted by atomic mass is 16.5. The maximum atomic E-state index is 13.9. The van der Waals surface area contributed by atoms with Crippen LogP contribution in [0.25, 0.3) is 10.8 Å². The third kappa shape index (κ3) is 5.05. The molecule has 36 heavy (non-hydrogen) atoms. The number of hydrogen-bond acceptors (Lipinski definition) is 4. The minimum atomic E-state index is -0.696. The third-order valence-corrected chi connectivity index (χ3v) is 6.31. The number of benzene rings is 3. The van der Waals surface area contributed by atoms with Crippen molar-refractivity contribution in [2.45, 2.75) is 52.2 Å². The molecule has 3 amide bonds. The average Bonchev–Trinajstić information content (AvgIpc) is 3.11. The molecule has 3 aromatic rings. The minimum Gasteiger partial charge on any atom is -0.497 e. The Balaban J connectivity index is 1.67. The number of ether oxygens (including phenoxy) is 1. The van der Waals surface area contributed by atoms with Crippen molar-refractivity contribution in [2.24, 2.45) is 0 Å². The molecule has 0 bridgehead atoms. The van der Waals surface area contributed by atoms with Crippen LogP contribution in [0.4, 0.5) is 5.69 Å². The fourth-order valence-corrected chi connectivity index (χ4v) is 4.70. The molecule has 1 N–H and O–H groups in total. The summed E-state index contributed by atoms with van der Waals surface area (Å²) < 4.78 is 5.35. The summed E-state index contributed by atoms with van der Waals surface area (Å²) in [5, 5.41) is 4.82. The Kier molecular flexibility index (Phi) is 7.02. The van der Waals surface area contributed by atoms with E-state index in [1.807, 2.05) is 82.3 Å². The maximum Gasteiger partial charge on any atom is 0.259 e. The number of rotatable bonds is 8. The molecule has 1 atom stereocenters. The lowest BCUT2D eigenvalue weighted by molar-refractivity contribution is -0.141. The zero-order chi connectivity index (χ0) is 26.0. The van der Waals surface area contributed by atoms with E-state index in [9.17, 15) is 14.4 Å². The van der Waals surface area contributed by atoms with Crippen molar-refractivity contribution in [3.8, 4) is 5.75 Å². The van der Waals surface area contributed by atoms with Crippen LogP contribution >= 0.6 is 0 Å². The van der Waals surface area contributed by atoms with Gasteiger partial charge in [0.15, 0.2) is 0 Å². The maximum absolute atomic E-state index is 13.9. The SMILES string of the molecule is CC[C@H](C(=O)NC(C)(C)C)N(Cc1cccc(OC)c1)C(=O)CN1C(=O)c2cccc3cccc1c23. The summed E-state index contributed by atoms with van der Waals surface area (Å²) in [6.45, 7) is 7.67. The fourth-order valence-electron chi connectivity index (χ4n) is 4.70. The lowest BCUT2D eigenvalue weighted by Crippen LogP contribution is -2.55. The van der Waals surface area contributed by atoms with Crippen LogP contribution in [0, 0.1) is 0 Å². The van der Waals surface area contributed by atoms with Gasteiger partial charge in [0.2, 0.25) is 11.8 Å². The predicted molar refractivity (Wildman–Crippen MR) is 141 cm³/mol. The van der Waals surface area contributed by atoms with E-state index in [-0.39, 0.29) is 30.8 Å². The summed E-state index contributed by atoms with van der Waals surface area (Å²) in [7, 11) is 1.59. The van der Waals surface area contributed by atoms with Crippen LogP contribution in [0.3, 0.4) is 0 Å². The zero-order valence-electron chi connectivity index (χ0n) is 21.5. The molecule has 7 heteroatoms. The second kappa shape index (κ2) is 10.0. The van der Waals surface area contributed by atoms with Gasteiger partial charge in [-0.05, 0) is 62.4 Å². The van der Waals surface area contributed by atoms with Gasteiger partial charge in [0.25, 0.3) is 5.91 Å². The van der Waals surface area contributed by atoms with Crippen LogP contribution in [-0.4, -0.2) is 47.9 Å². The van der Waals surface area contributed by atoms with Crippen molar-refractivity contribution >= 4 is 34.2 Å². The van der Waals surface area contributed by atoms with Gasteiger partial charge in [0, 0.05) is 23.0 Å². The highest BCUT2D eigenvalue weighted by Gasteiger charge is 2.35. The average molecular weight is 488 g/mol. The Hall–Kier alpha value is -3.87. The molecule has 0 saturated heterocycles. The molecule has 1 aliphatic rings. The van der Waals surface area contributed by atoms with Gasteiger partial charge < -0.3 is 15.0 Å². The molecule has 0 fully saturated rings. The van der Waals surface area contributed by atoms with E-state index in [0.717, 1.165) is 22.0 Å². The molecule has 188 valence electrons. The van der Waals surface area contributed by atoms with Crippen molar-refractivity contribution in [2.75, 3.05) is 18.6 Å². The second-order valence-corrected chi connectivity index (χ2v) is 10.1. The number of methoxy groups -OCH3 is 1. The van der Waals surface area contributed by atoms with Crippen LogP contribution in [0.1, 0.15) is 50.0 Å². The van der Waals surface area contributed by atoms with Crippen LogP contribution in [0.15, 0.2) is 60.7 Å². The molecule has 0 aliphatic carbocycles. The number of nitrogens with zero attached hydrogens (tertiary/aromatic N) is 2. The molecule has 0 saturated carbocycles. The summed E-state index contributed by atoms with van der Waals surface area (Å²) in [4.78, 5) is 43.5. The second-order valence-electron chi connectivity index (χ2n) is 10.1. The molecule has 0 aromatic heterocycles. The van der Waals surface area contributed by atoms with Gasteiger partial charge in [-0.1, -0.05) is 43.3 Å². The summed E-state index contributed by atoms with van der Waals surface area (Å²) in [6.07, 6.45) is 0.432. The van der Waals surface area contributed by atoms with Gasteiger partial charge in [0.05, 0.1) is 12.8 Å². The van der Waals surface area contributed by atoms with Crippen LogP contribution < -0.4 is 15.0 Å². The van der Waals surface area contributed by atoms with E-state index in [0.29, 0.717) is 17.7 Å². The highest BCUT2D eigenvalue weighted by Crippen LogP contribution is 2.37. The van der Waals surface area contributed by atoms with Crippen molar-refractivity contribution < 1.29 is 19.1 Å². The van der Waals surface area contributed by atoms with Gasteiger partial charge in [-0.15, -0.1) is 0 Å². The first kappa shape index (κ1) is 25.2. The van der Waals surface area contributed by atoms with Crippen molar-refractivity contribution in [3.63, 3.8) is 0 Å². The summed E-state index contributed by atoms with van der Waals surface area (Å²) >= 11 is 0. The van der Waals surface area contributed by atoms with Gasteiger partial charge >= 0.3 is 0 Å². The van der Waals surface area contributed by atoms with E-state index in [2.05, 4.69) is 5.32 Å².